The number of nitro benzene ring substituents is 1. The number of benzene rings is 2. The summed E-state index contributed by atoms with van der Waals surface area (Å²) in [6, 6.07) is 7.60. The highest BCUT2D eigenvalue weighted by Crippen LogP contribution is 2.39. The molecule has 0 unspecified atom stereocenters. The number of carboxylic acid groups (broad SMARTS) is 1. The summed E-state index contributed by atoms with van der Waals surface area (Å²) in [5, 5.41) is 28.5. The average Bonchev–Trinajstić information content (AvgIpc) is 2.66. The first kappa shape index (κ1) is 17.1. The van der Waals surface area contributed by atoms with Crippen LogP contribution in [0.3, 0.4) is 0 Å². The van der Waals surface area contributed by atoms with E-state index in [-0.39, 0.29) is 16.9 Å². The molecule has 0 bridgehead atoms. The minimum Gasteiger partial charge on any atom is -0.478 e. The average molecular weight is 366 g/mol. The van der Waals surface area contributed by atoms with Gasteiger partial charge in [0.1, 0.15) is 0 Å². The zero-order chi connectivity index (χ0) is 19.0. The molecule has 2 heterocycles. The number of anilines is 1. The molecule has 138 valence electrons. The molecule has 0 spiro atoms. The molecule has 0 aliphatic carbocycles. The normalized spacial score (nSPS) is 15.6. The van der Waals surface area contributed by atoms with Crippen molar-refractivity contribution in [1.82, 2.24) is 0 Å². The highest BCUT2D eigenvalue weighted by molar-refractivity contribution is 5.89. The number of hydrogen-bond donors (Lipinski definition) is 1. The molecule has 0 amide bonds. The number of carbonyl (C=O) groups is 1. The molecular weight excluding hydrogens is 348 g/mol. The molecule has 0 radical (unpaired) electrons. The maximum absolute atomic E-state index is 11.2. The molecule has 2 aromatic rings. The largest absolute Gasteiger partial charge is 0.478 e. The van der Waals surface area contributed by atoms with Gasteiger partial charge in [-0.05, 0) is 61.1 Å². The first-order valence-electron chi connectivity index (χ1n) is 8.87. The SMILES string of the molecule is O=C(O)c1ccc(N=Nc2cc3c4c(c2)CCCN4CCC3)c([N+](=O)[O-])c1. The summed E-state index contributed by atoms with van der Waals surface area (Å²) in [4.78, 5) is 24.1. The lowest BCUT2D eigenvalue weighted by molar-refractivity contribution is -0.384. The minimum absolute atomic E-state index is 0.0398. The van der Waals surface area contributed by atoms with Gasteiger partial charge in [-0.1, -0.05) is 0 Å². The summed E-state index contributed by atoms with van der Waals surface area (Å²) in [5.41, 5.74) is 4.01. The van der Waals surface area contributed by atoms with Crippen LogP contribution < -0.4 is 4.90 Å². The van der Waals surface area contributed by atoms with Gasteiger partial charge in [0.05, 0.1) is 16.2 Å². The molecule has 8 heteroatoms. The standard InChI is InChI=1S/C19H18N4O4/c24-19(25)14-5-6-16(17(11-14)23(26)27)21-20-15-9-12-3-1-7-22-8-2-4-13(10-15)18(12)22/h5-6,9-11H,1-4,7-8H2,(H,24,25). The van der Waals surface area contributed by atoms with Crippen molar-refractivity contribution >= 4 is 28.7 Å². The van der Waals surface area contributed by atoms with Gasteiger partial charge < -0.3 is 10.0 Å². The molecule has 0 saturated carbocycles. The molecule has 1 N–H and O–H groups in total. The highest BCUT2D eigenvalue weighted by Gasteiger charge is 2.24. The fourth-order valence-corrected chi connectivity index (χ4v) is 3.84. The van der Waals surface area contributed by atoms with Gasteiger partial charge in [-0.25, -0.2) is 4.79 Å². The molecule has 0 saturated heterocycles. The summed E-state index contributed by atoms with van der Waals surface area (Å²) in [7, 11) is 0. The summed E-state index contributed by atoms with van der Waals surface area (Å²) in [6.45, 7) is 2.17. The minimum atomic E-state index is -1.22. The Morgan fingerprint density at radius 3 is 2.33 bits per heavy atom. The zero-order valence-corrected chi connectivity index (χ0v) is 14.6. The molecule has 2 aliphatic rings. The van der Waals surface area contributed by atoms with Crippen molar-refractivity contribution in [2.24, 2.45) is 10.2 Å². The smallest absolute Gasteiger partial charge is 0.335 e. The first-order chi connectivity index (χ1) is 13.0. The van der Waals surface area contributed by atoms with E-state index in [2.05, 4.69) is 15.1 Å². The van der Waals surface area contributed by atoms with E-state index in [1.54, 1.807) is 0 Å². The lowest BCUT2D eigenvalue weighted by Gasteiger charge is -2.36. The van der Waals surface area contributed by atoms with Crippen LogP contribution in [0.4, 0.5) is 22.7 Å². The van der Waals surface area contributed by atoms with E-state index in [1.165, 1.54) is 28.9 Å². The van der Waals surface area contributed by atoms with E-state index in [4.69, 9.17) is 5.11 Å². The molecule has 4 rings (SSSR count). The third-order valence-corrected chi connectivity index (χ3v) is 5.01. The molecule has 27 heavy (non-hydrogen) atoms. The molecule has 0 aromatic heterocycles. The van der Waals surface area contributed by atoms with Crippen LogP contribution in [0.2, 0.25) is 0 Å². The van der Waals surface area contributed by atoms with Crippen molar-refractivity contribution in [2.75, 3.05) is 18.0 Å². The lowest BCUT2D eigenvalue weighted by atomic mass is 9.91. The quantitative estimate of drug-likeness (QED) is 0.490. The number of aromatic carboxylic acids is 1. The van der Waals surface area contributed by atoms with Crippen LogP contribution in [-0.2, 0) is 12.8 Å². The van der Waals surface area contributed by atoms with Gasteiger partial charge in [-0.3, -0.25) is 10.1 Å². The van der Waals surface area contributed by atoms with E-state index in [0.717, 1.165) is 44.8 Å². The van der Waals surface area contributed by atoms with Crippen molar-refractivity contribution in [3.63, 3.8) is 0 Å². The van der Waals surface area contributed by atoms with E-state index >= 15 is 0 Å². The third-order valence-electron chi connectivity index (χ3n) is 5.01. The Hall–Kier alpha value is -3.29. The second-order valence-electron chi connectivity index (χ2n) is 6.77. The second kappa shape index (κ2) is 6.79. The Morgan fingerprint density at radius 1 is 1.07 bits per heavy atom. The Labute approximate surface area is 155 Å². The van der Waals surface area contributed by atoms with Crippen molar-refractivity contribution in [3.05, 3.63) is 57.1 Å². The molecule has 8 nitrogen and oxygen atoms in total. The molecule has 2 aromatic carbocycles. The summed E-state index contributed by atoms with van der Waals surface area (Å²) in [6.07, 6.45) is 4.20. The van der Waals surface area contributed by atoms with Crippen molar-refractivity contribution < 1.29 is 14.8 Å². The zero-order valence-electron chi connectivity index (χ0n) is 14.6. The number of nitrogens with zero attached hydrogens (tertiary/aromatic N) is 4. The van der Waals surface area contributed by atoms with Gasteiger partial charge >= 0.3 is 5.97 Å². The van der Waals surface area contributed by atoms with Gasteiger partial charge in [0.2, 0.25) is 0 Å². The predicted molar refractivity (Wildman–Crippen MR) is 99.5 cm³/mol. The number of aryl methyl sites for hydroxylation is 2. The summed E-state index contributed by atoms with van der Waals surface area (Å²) in [5.74, 6) is -1.22. The van der Waals surface area contributed by atoms with Crippen LogP contribution in [0.25, 0.3) is 0 Å². The van der Waals surface area contributed by atoms with Gasteiger partial charge in [-0.2, -0.15) is 5.11 Å². The number of rotatable bonds is 4. The van der Waals surface area contributed by atoms with Gasteiger partial charge in [0.15, 0.2) is 5.69 Å². The van der Waals surface area contributed by atoms with E-state index in [0.29, 0.717) is 5.69 Å². The number of carboxylic acids is 1. The summed E-state index contributed by atoms with van der Waals surface area (Å²) >= 11 is 0. The van der Waals surface area contributed by atoms with Crippen LogP contribution in [0.5, 0.6) is 0 Å². The molecule has 0 fully saturated rings. The van der Waals surface area contributed by atoms with Crippen LogP contribution in [0.1, 0.15) is 34.3 Å². The second-order valence-corrected chi connectivity index (χ2v) is 6.77. The topological polar surface area (TPSA) is 108 Å². The lowest BCUT2D eigenvalue weighted by Crippen LogP contribution is -2.34. The van der Waals surface area contributed by atoms with Crippen LogP contribution >= 0.6 is 0 Å². The van der Waals surface area contributed by atoms with Crippen LogP contribution in [0.15, 0.2) is 40.6 Å². The van der Waals surface area contributed by atoms with Crippen molar-refractivity contribution in [3.8, 4) is 0 Å². The fraction of sp³-hybridized carbons (Fsp3) is 0.316. The molecular formula is C19H18N4O4. The van der Waals surface area contributed by atoms with E-state index in [9.17, 15) is 14.9 Å². The predicted octanol–water partition coefficient (Wildman–Crippen LogP) is 4.41. The van der Waals surface area contributed by atoms with Crippen molar-refractivity contribution in [2.45, 2.75) is 25.7 Å². The Morgan fingerprint density at radius 2 is 1.74 bits per heavy atom. The Balaban J connectivity index is 1.70. The number of hydrogen-bond acceptors (Lipinski definition) is 6. The first-order valence-corrected chi connectivity index (χ1v) is 8.87. The maximum atomic E-state index is 11.2. The van der Waals surface area contributed by atoms with Gasteiger partial charge in [0, 0.05) is 24.8 Å². The Kier molecular flexibility index (Phi) is 4.31. The van der Waals surface area contributed by atoms with Crippen LogP contribution in [-0.4, -0.2) is 29.1 Å². The fourth-order valence-electron chi connectivity index (χ4n) is 3.84. The highest BCUT2D eigenvalue weighted by atomic mass is 16.6. The van der Waals surface area contributed by atoms with Crippen LogP contribution in [0, 0.1) is 10.1 Å². The van der Waals surface area contributed by atoms with Gasteiger partial charge in [-0.15, -0.1) is 5.11 Å². The molecule has 2 aliphatic heterocycles. The van der Waals surface area contributed by atoms with E-state index in [1.807, 2.05) is 12.1 Å². The van der Waals surface area contributed by atoms with E-state index < -0.39 is 10.9 Å². The van der Waals surface area contributed by atoms with Gasteiger partial charge in [0.25, 0.3) is 5.69 Å². The Bertz CT molecular complexity index is 939. The maximum Gasteiger partial charge on any atom is 0.335 e. The number of nitro groups is 1. The molecule has 0 atom stereocenters. The third kappa shape index (κ3) is 3.25. The number of azo groups is 1. The monoisotopic (exact) mass is 366 g/mol. The summed E-state index contributed by atoms with van der Waals surface area (Å²) < 4.78 is 0. The van der Waals surface area contributed by atoms with Crippen molar-refractivity contribution in [1.29, 1.82) is 0 Å².